The van der Waals surface area contributed by atoms with Gasteiger partial charge in [0.15, 0.2) is 0 Å². The van der Waals surface area contributed by atoms with Crippen LogP contribution in [-0.2, 0) is 0 Å². The molecule has 0 amide bonds. The Bertz CT molecular complexity index is 932. The molecular weight excluding hydrogens is 326 g/mol. The standard InChI is InChI=1S/C26H25N/c1-21-13-17-25(18-14-21)27(24-11-7-4-8-12-24)26-19-15-23(16-20-26)22-9-5-2-3-6-10-22/h4-5,7-20H,2-3,6H2,1H3. The molecule has 27 heavy (non-hydrogen) atoms. The van der Waals surface area contributed by atoms with Gasteiger partial charge in [0, 0.05) is 17.1 Å². The first kappa shape index (κ1) is 17.4. The molecule has 3 aromatic carbocycles. The van der Waals surface area contributed by atoms with Crippen molar-refractivity contribution in [2.75, 3.05) is 4.90 Å². The van der Waals surface area contributed by atoms with Crippen LogP contribution in [0.5, 0.6) is 0 Å². The number of aryl methyl sites for hydroxylation is 1. The quantitative estimate of drug-likeness (QED) is 0.468. The van der Waals surface area contributed by atoms with Gasteiger partial charge in [-0.1, -0.05) is 66.3 Å². The minimum Gasteiger partial charge on any atom is -0.311 e. The third-order valence-corrected chi connectivity index (χ3v) is 5.00. The van der Waals surface area contributed by atoms with Crippen molar-refractivity contribution < 1.29 is 0 Å². The van der Waals surface area contributed by atoms with E-state index in [4.69, 9.17) is 0 Å². The maximum atomic E-state index is 2.35. The zero-order valence-electron chi connectivity index (χ0n) is 15.8. The van der Waals surface area contributed by atoms with Gasteiger partial charge in [0.1, 0.15) is 0 Å². The van der Waals surface area contributed by atoms with E-state index < -0.39 is 0 Å². The fraction of sp³-hybridized carbons (Fsp3) is 0.154. The second-order valence-electron chi connectivity index (χ2n) is 7.05. The fourth-order valence-corrected chi connectivity index (χ4v) is 3.51. The predicted octanol–water partition coefficient (Wildman–Crippen LogP) is 7.59. The van der Waals surface area contributed by atoms with Gasteiger partial charge in [-0.15, -0.1) is 0 Å². The van der Waals surface area contributed by atoms with E-state index in [1.54, 1.807) is 0 Å². The van der Waals surface area contributed by atoms with Crippen LogP contribution in [0.3, 0.4) is 0 Å². The molecule has 0 saturated carbocycles. The summed E-state index contributed by atoms with van der Waals surface area (Å²) in [6, 6.07) is 28.2. The first-order valence-corrected chi connectivity index (χ1v) is 9.70. The van der Waals surface area contributed by atoms with E-state index in [-0.39, 0.29) is 0 Å². The zero-order chi connectivity index (χ0) is 18.5. The summed E-state index contributed by atoms with van der Waals surface area (Å²) in [5.41, 5.74) is 7.41. The summed E-state index contributed by atoms with van der Waals surface area (Å²) in [5, 5.41) is 0. The van der Waals surface area contributed by atoms with Gasteiger partial charge in [0.25, 0.3) is 0 Å². The van der Waals surface area contributed by atoms with Crippen LogP contribution in [0.1, 0.15) is 30.4 Å². The SMILES string of the molecule is Cc1ccc(N(c2ccccc2)c2ccc(C3=CCCCC=C3)cc2)cc1. The number of anilines is 3. The molecule has 134 valence electrons. The fourth-order valence-electron chi connectivity index (χ4n) is 3.51. The van der Waals surface area contributed by atoms with Crippen molar-refractivity contribution in [2.45, 2.75) is 26.2 Å². The van der Waals surface area contributed by atoms with Crippen LogP contribution in [0.15, 0.2) is 97.1 Å². The molecule has 0 N–H and O–H groups in total. The summed E-state index contributed by atoms with van der Waals surface area (Å²) in [6.07, 6.45) is 10.5. The topological polar surface area (TPSA) is 3.24 Å². The lowest BCUT2D eigenvalue weighted by atomic mass is 10.0. The summed E-state index contributed by atoms with van der Waals surface area (Å²) in [5.74, 6) is 0. The molecule has 0 heterocycles. The highest BCUT2D eigenvalue weighted by Gasteiger charge is 2.12. The van der Waals surface area contributed by atoms with Crippen molar-refractivity contribution in [3.8, 4) is 0 Å². The minimum atomic E-state index is 1.16. The van der Waals surface area contributed by atoms with Crippen LogP contribution in [0, 0.1) is 6.92 Å². The molecule has 0 spiro atoms. The molecule has 0 saturated heterocycles. The average Bonchev–Trinajstić information content (AvgIpc) is 3.01. The van der Waals surface area contributed by atoms with Crippen molar-refractivity contribution in [3.05, 3.63) is 108 Å². The molecule has 1 aliphatic rings. The van der Waals surface area contributed by atoms with E-state index in [1.165, 1.54) is 46.6 Å². The average molecular weight is 351 g/mol. The monoisotopic (exact) mass is 351 g/mol. The molecule has 0 atom stereocenters. The van der Waals surface area contributed by atoms with Gasteiger partial charge in [0.2, 0.25) is 0 Å². The molecule has 4 rings (SSSR count). The lowest BCUT2D eigenvalue weighted by molar-refractivity contribution is 0.876. The number of hydrogen-bond acceptors (Lipinski definition) is 1. The van der Waals surface area contributed by atoms with Crippen molar-refractivity contribution in [2.24, 2.45) is 0 Å². The van der Waals surface area contributed by atoms with E-state index in [0.29, 0.717) is 0 Å². The van der Waals surface area contributed by atoms with Crippen LogP contribution in [0.2, 0.25) is 0 Å². The van der Waals surface area contributed by atoms with Gasteiger partial charge in [-0.25, -0.2) is 0 Å². The van der Waals surface area contributed by atoms with Gasteiger partial charge >= 0.3 is 0 Å². The molecule has 1 heteroatoms. The smallest absolute Gasteiger partial charge is 0.0462 e. The second kappa shape index (κ2) is 8.09. The molecule has 0 bridgehead atoms. The molecule has 1 aliphatic carbocycles. The number of rotatable bonds is 4. The Hall–Kier alpha value is -3.06. The Morgan fingerprint density at radius 3 is 2.00 bits per heavy atom. The van der Waals surface area contributed by atoms with E-state index >= 15 is 0 Å². The molecule has 0 aliphatic heterocycles. The second-order valence-corrected chi connectivity index (χ2v) is 7.05. The van der Waals surface area contributed by atoms with E-state index in [0.717, 1.165) is 6.42 Å². The summed E-state index contributed by atoms with van der Waals surface area (Å²) >= 11 is 0. The third kappa shape index (κ3) is 4.03. The Balaban J connectivity index is 1.72. The van der Waals surface area contributed by atoms with Crippen molar-refractivity contribution >= 4 is 22.6 Å². The molecule has 3 aromatic rings. The molecule has 0 fully saturated rings. The largest absolute Gasteiger partial charge is 0.311 e. The predicted molar refractivity (Wildman–Crippen MR) is 117 cm³/mol. The Morgan fingerprint density at radius 2 is 1.30 bits per heavy atom. The Kier molecular flexibility index (Phi) is 5.20. The van der Waals surface area contributed by atoms with Crippen LogP contribution in [-0.4, -0.2) is 0 Å². The normalized spacial score (nSPS) is 13.7. The van der Waals surface area contributed by atoms with E-state index in [1.807, 2.05) is 0 Å². The zero-order valence-corrected chi connectivity index (χ0v) is 15.8. The van der Waals surface area contributed by atoms with Crippen LogP contribution >= 0.6 is 0 Å². The molecule has 1 nitrogen and oxygen atoms in total. The highest BCUT2D eigenvalue weighted by Crippen LogP contribution is 2.35. The summed E-state index contributed by atoms with van der Waals surface area (Å²) in [4.78, 5) is 2.31. The number of allylic oxidation sites excluding steroid dienone is 4. The highest BCUT2D eigenvalue weighted by molar-refractivity contribution is 5.79. The van der Waals surface area contributed by atoms with Crippen LogP contribution < -0.4 is 4.90 Å². The maximum Gasteiger partial charge on any atom is 0.0462 e. The van der Waals surface area contributed by atoms with Gasteiger partial charge in [0.05, 0.1) is 0 Å². The lowest BCUT2D eigenvalue weighted by Crippen LogP contribution is -2.09. The third-order valence-electron chi connectivity index (χ3n) is 5.00. The maximum absolute atomic E-state index is 2.35. The van der Waals surface area contributed by atoms with Crippen molar-refractivity contribution in [1.82, 2.24) is 0 Å². The summed E-state index contributed by atoms with van der Waals surface area (Å²) < 4.78 is 0. The minimum absolute atomic E-state index is 1.16. The molecule has 0 aromatic heterocycles. The van der Waals surface area contributed by atoms with E-state index in [2.05, 4.69) is 109 Å². The Labute approximate surface area is 162 Å². The number of para-hydroxylation sites is 1. The summed E-state index contributed by atoms with van der Waals surface area (Å²) in [6.45, 7) is 2.12. The van der Waals surface area contributed by atoms with Crippen LogP contribution in [0.4, 0.5) is 17.1 Å². The first-order valence-electron chi connectivity index (χ1n) is 9.70. The van der Waals surface area contributed by atoms with Crippen molar-refractivity contribution in [3.63, 3.8) is 0 Å². The Morgan fingerprint density at radius 1 is 0.667 bits per heavy atom. The van der Waals surface area contributed by atoms with E-state index in [9.17, 15) is 0 Å². The first-order chi connectivity index (χ1) is 13.3. The summed E-state index contributed by atoms with van der Waals surface area (Å²) in [7, 11) is 0. The number of hydrogen-bond donors (Lipinski definition) is 0. The highest BCUT2D eigenvalue weighted by atomic mass is 15.1. The molecule has 0 unspecified atom stereocenters. The lowest BCUT2D eigenvalue weighted by Gasteiger charge is -2.25. The van der Waals surface area contributed by atoms with Gasteiger partial charge in [-0.05, 0) is 73.7 Å². The van der Waals surface area contributed by atoms with Gasteiger partial charge in [-0.3, -0.25) is 0 Å². The van der Waals surface area contributed by atoms with Crippen LogP contribution in [0.25, 0.3) is 5.57 Å². The molecule has 0 radical (unpaired) electrons. The number of benzene rings is 3. The van der Waals surface area contributed by atoms with Gasteiger partial charge in [-0.2, -0.15) is 0 Å². The van der Waals surface area contributed by atoms with Crippen molar-refractivity contribution in [1.29, 1.82) is 0 Å². The van der Waals surface area contributed by atoms with Gasteiger partial charge < -0.3 is 4.90 Å². The number of nitrogens with zero attached hydrogens (tertiary/aromatic N) is 1. The molecular formula is C26H25N.